The Hall–Kier alpha value is -1.48. The third-order valence-electron chi connectivity index (χ3n) is 3.36. The number of carbonyl (C=O) groups is 2. The molecule has 0 atom stereocenters. The number of benzene rings is 1. The molecule has 0 unspecified atom stereocenters. The Balaban J connectivity index is 1.58. The minimum atomic E-state index is -0.158. The highest BCUT2D eigenvalue weighted by atomic mass is 79.9. The van der Waals surface area contributed by atoms with E-state index < -0.39 is 0 Å². The zero-order valence-corrected chi connectivity index (χ0v) is 16.9. The number of thiocarbonyl (C=S) groups is 1. The summed E-state index contributed by atoms with van der Waals surface area (Å²) in [5, 5.41) is 4.77. The predicted octanol–water partition coefficient (Wildman–Crippen LogP) is 4.74. The van der Waals surface area contributed by atoms with Crippen molar-refractivity contribution in [3.8, 4) is 0 Å². The summed E-state index contributed by atoms with van der Waals surface area (Å²) in [5.41, 5.74) is 0.711. The number of hydrogen-bond acceptors (Lipinski definition) is 5. The quantitative estimate of drug-likeness (QED) is 0.525. The number of carbonyl (C=O) groups excluding carboxylic acids is 2. The highest BCUT2D eigenvalue weighted by Crippen LogP contribution is 2.33. The van der Waals surface area contributed by atoms with E-state index in [1.54, 1.807) is 11.3 Å². The normalized spacial score (nSPS) is 15.9. The summed E-state index contributed by atoms with van der Waals surface area (Å²) in [7, 11) is 0. The van der Waals surface area contributed by atoms with Crippen molar-refractivity contribution >= 4 is 79.1 Å². The van der Waals surface area contributed by atoms with E-state index in [0.717, 1.165) is 9.35 Å². The third kappa shape index (κ3) is 4.78. The fourth-order valence-corrected chi connectivity index (χ4v) is 4.63. The molecule has 1 aromatic carbocycles. The first-order valence-corrected chi connectivity index (χ1v) is 10.3. The summed E-state index contributed by atoms with van der Waals surface area (Å²) in [6.07, 6.45) is 2.02. The Morgan fingerprint density at radius 1 is 1.32 bits per heavy atom. The molecule has 0 aliphatic carbocycles. The van der Waals surface area contributed by atoms with E-state index in [-0.39, 0.29) is 24.8 Å². The SMILES string of the molecule is O=C(CCN1C(=O)/C(=C\c2cccs2)SC1=S)Nc1cccc(Br)c1. The van der Waals surface area contributed by atoms with Gasteiger partial charge in [0, 0.05) is 28.0 Å². The van der Waals surface area contributed by atoms with Crippen molar-refractivity contribution in [3.05, 3.63) is 56.0 Å². The molecule has 25 heavy (non-hydrogen) atoms. The van der Waals surface area contributed by atoms with Crippen LogP contribution in [-0.2, 0) is 9.59 Å². The Morgan fingerprint density at radius 2 is 2.16 bits per heavy atom. The largest absolute Gasteiger partial charge is 0.326 e. The van der Waals surface area contributed by atoms with E-state index in [2.05, 4.69) is 21.2 Å². The lowest BCUT2D eigenvalue weighted by molar-refractivity contribution is -0.122. The molecular weight excluding hydrogens is 440 g/mol. The van der Waals surface area contributed by atoms with Crippen LogP contribution in [0.3, 0.4) is 0 Å². The molecule has 128 valence electrons. The molecule has 0 radical (unpaired) electrons. The fourth-order valence-electron chi connectivity index (χ4n) is 2.20. The van der Waals surface area contributed by atoms with Crippen LogP contribution in [0, 0.1) is 0 Å². The van der Waals surface area contributed by atoms with E-state index in [0.29, 0.717) is 14.9 Å². The van der Waals surface area contributed by atoms with Gasteiger partial charge in [-0.15, -0.1) is 11.3 Å². The van der Waals surface area contributed by atoms with Crippen molar-refractivity contribution in [2.45, 2.75) is 6.42 Å². The zero-order valence-electron chi connectivity index (χ0n) is 12.9. The van der Waals surface area contributed by atoms with Gasteiger partial charge in [0.15, 0.2) is 0 Å². The van der Waals surface area contributed by atoms with Gasteiger partial charge in [-0.05, 0) is 35.7 Å². The minimum absolute atomic E-state index is 0.140. The average Bonchev–Trinajstić information content (AvgIpc) is 3.15. The lowest BCUT2D eigenvalue weighted by atomic mass is 10.3. The van der Waals surface area contributed by atoms with Crippen LogP contribution in [0.5, 0.6) is 0 Å². The zero-order chi connectivity index (χ0) is 17.8. The molecule has 1 aromatic heterocycles. The first kappa shape index (κ1) is 18.3. The molecule has 2 amide bonds. The minimum Gasteiger partial charge on any atom is -0.326 e. The van der Waals surface area contributed by atoms with Gasteiger partial charge in [0.25, 0.3) is 5.91 Å². The van der Waals surface area contributed by atoms with Gasteiger partial charge in [0.05, 0.1) is 4.91 Å². The summed E-state index contributed by atoms with van der Waals surface area (Å²) >= 11 is 11.5. The predicted molar refractivity (Wildman–Crippen MR) is 112 cm³/mol. The number of amides is 2. The molecule has 4 nitrogen and oxygen atoms in total. The van der Waals surface area contributed by atoms with Crippen LogP contribution in [-0.4, -0.2) is 27.6 Å². The molecule has 1 aliphatic heterocycles. The number of thiophene rings is 1. The molecule has 1 saturated heterocycles. The maximum atomic E-state index is 12.5. The summed E-state index contributed by atoms with van der Waals surface area (Å²) in [4.78, 5) is 27.7. The van der Waals surface area contributed by atoms with Crippen LogP contribution in [0.15, 0.2) is 51.2 Å². The third-order valence-corrected chi connectivity index (χ3v) is 6.05. The Bertz CT molecular complexity index is 849. The first-order valence-electron chi connectivity index (χ1n) is 7.37. The van der Waals surface area contributed by atoms with Gasteiger partial charge in [-0.25, -0.2) is 0 Å². The van der Waals surface area contributed by atoms with Crippen molar-refractivity contribution in [3.63, 3.8) is 0 Å². The van der Waals surface area contributed by atoms with E-state index in [9.17, 15) is 9.59 Å². The van der Waals surface area contributed by atoms with Crippen LogP contribution in [0.2, 0.25) is 0 Å². The van der Waals surface area contributed by atoms with Gasteiger partial charge in [0.2, 0.25) is 5.91 Å². The second kappa shape index (κ2) is 8.27. The fraction of sp³-hybridized carbons (Fsp3) is 0.118. The number of anilines is 1. The van der Waals surface area contributed by atoms with Crippen molar-refractivity contribution in [1.82, 2.24) is 4.90 Å². The standard InChI is InChI=1S/C17H13BrN2O2S3/c18-11-3-1-4-12(9-11)19-15(21)6-7-20-16(22)14(25-17(20)23)10-13-5-2-8-24-13/h1-5,8-10H,6-7H2,(H,19,21)/b14-10+. The molecule has 0 saturated carbocycles. The number of halogens is 1. The van der Waals surface area contributed by atoms with E-state index in [1.165, 1.54) is 16.7 Å². The number of nitrogens with one attached hydrogen (secondary N) is 1. The van der Waals surface area contributed by atoms with Crippen molar-refractivity contribution in [2.75, 3.05) is 11.9 Å². The van der Waals surface area contributed by atoms with Crippen molar-refractivity contribution in [1.29, 1.82) is 0 Å². The van der Waals surface area contributed by atoms with Crippen LogP contribution in [0.4, 0.5) is 5.69 Å². The van der Waals surface area contributed by atoms with Crippen LogP contribution >= 0.6 is 51.2 Å². The van der Waals surface area contributed by atoms with Gasteiger partial charge >= 0.3 is 0 Å². The summed E-state index contributed by atoms with van der Waals surface area (Å²) in [6.45, 7) is 0.270. The maximum Gasteiger partial charge on any atom is 0.266 e. The molecule has 8 heteroatoms. The molecule has 2 aromatic rings. The molecule has 1 fully saturated rings. The number of rotatable bonds is 5. The van der Waals surface area contributed by atoms with Gasteiger partial charge in [-0.1, -0.05) is 52.0 Å². The molecule has 1 N–H and O–H groups in total. The summed E-state index contributed by atoms with van der Waals surface area (Å²) < 4.78 is 1.38. The van der Waals surface area contributed by atoms with Crippen molar-refractivity contribution < 1.29 is 9.59 Å². The summed E-state index contributed by atoms with van der Waals surface area (Å²) in [6, 6.07) is 11.2. The van der Waals surface area contributed by atoms with Crippen molar-refractivity contribution in [2.24, 2.45) is 0 Å². The Kier molecular flexibility index (Phi) is 6.06. The number of thioether (sulfide) groups is 1. The van der Waals surface area contributed by atoms with Gasteiger partial charge in [-0.2, -0.15) is 0 Å². The van der Waals surface area contributed by atoms with E-state index >= 15 is 0 Å². The Labute approximate surface area is 167 Å². The molecule has 1 aliphatic rings. The first-order chi connectivity index (χ1) is 12.0. The van der Waals surface area contributed by atoms with Gasteiger partial charge < -0.3 is 5.32 Å². The lowest BCUT2D eigenvalue weighted by Gasteiger charge is -2.14. The van der Waals surface area contributed by atoms with Crippen LogP contribution < -0.4 is 5.32 Å². The second-order valence-corrected chi connectivity index (χ2v) is 8.73. The molecule has 0 bridgehead atoms. The average molecular weight is 453 g/mol. The Morgan fingerprint density at radius 3 is 2.88 bits per heavy atom. The van der Waals surface area contributed by atoms with E-state index in [4.69, 9.17) is 12.2 Å². The summed E-state index contributed by atoms with van der Waals surface area (Å²) in [5.74, 6) is -0.298. The van der Waals surface area contributed by atoms with Gasteiger partial charge in [0.1, 0.15) is 4.32 Å². The van der Waals surface area contributed by atoms with Gasteiger partial charge in [-0.3, -0.25) is 14.5 Å². The monoisotopic (exact) mass is 452 g/mol. The maximum absolute atomic E-state index is 12.5. The van der Waals surface area contributed by atoms with Crippen LogP contribution in [0.25, 0.3) is 6.08 Å². The lowest BCUT2D eigenvalue weighted by Crippen LogP contribution is -2.31. The topological polar surface area (TPSA) is 49.4 Å². The number of nitrogens with zero attached hydrogens (tertiary/aromatic N) is 1. The molecule has 0 spiro atoms. The number of hydrogen-bond donors (Lipinski definition) is 1. The smallest absolute Gasteiger partial charge is 0.266 e. The second-order valence-electron chi connectivity index (χ2n) is 5.16. The molecule has 3 rings (SSSR count). The van der Waals surface area contributed by atoms with Crippen LogP contribution in [0.1, 0.15) is 11.3 Å². The molecule has 2 heterocycles. The highest BCUT2D eigenvalue weighted by Gasteiger charge is 2.32. The highest BCUT2D eigenvalue weighted by molar-refractivity contribution is 9.10. The molecular formula is C17H13BrN2O2S3. The van der Waals surface area contributed by atoms with E-state index in [1.807, 2.05) is 47.9 Å².